The Balaban J connectivity index is 4.11. The number of esters is 2. The SMILES string of the molecule is CCCCCCCCCCCCCCCCCCCCCCCCCCCC(=O)OC(COC(=O)CCCCCCCCCCCCCCCCCCCCCCCCC)COC(OCC[N+](C)(C)C)C(=O)O. The van der Waals surface area contributed by atoms with Crippen LogP contribution in [0.2, 0.25) is 0 Å². The van der Waals surface area contributed by atoms with E-state index in [1.54, 1.807) is 0 Å². The summed E-state index contributed by atoms with van der Waals surface area (Å²) in [5.41, 5.74) is 0. The van der Waals surface area contributed by atoms with Crippen LogP contribution in [-0.2, 0) is 33.3 Å². The summed E-state index contributed by atoms with van der Waals surface area (Å²) in [6, 6.07) is 0. The summed E-state index contributed by atoms with van der Waals surface area (Å²) >= 11 is 0. The fourth-order valence-corrected chi connectivity index (χ4v) is 9.90. The molecule has 0 saturated carbocycles. The molecule has 0 aromatic rings. The first-order valence-corrected chi connectivity index (χ1v) is 32.2. The topological polar surface area (TPSA) is 108 Å². The number of hydrogen-bond donors (Lipinski definition) is 1. The average molecular weight is 1040 g/mol. The van der Waals surface area contributed by atoms with Crippen LogP contribution >= 0.6 is 0 Å². The van der Waals surface area contributed by atoms with Crippen LogP contribution in [0.25, 0.3) is 0 Å². The molecule has 434 valence electrons. The van der Waals surface area contributed by atoms with E-state index in [1.807, 2.05) is 21.1 Å². The highest BCUT2D eigenvalue weighted by molar-refractivity contribution is 5.71. The molecule has 2 atom stereocenters. The van der Waals surface area contributed by atoms with Crippen LogP contribution in [0.15, 0.2) is 0 Å². The highest BCUT2D eigenvalue weighted by atomic mass is 16.7. The fraction of sp³-hybridized carbons (Fsp3) is 0.953. The molecule has 9 nitrogen and oxygen atoms in total. The smallest absolute Gasteiger partial charge is 0.361 e. The van der Waals surface area contributed by atoms with E-state index in [-0.39, 0.29) is 38.2 Å². The summed E-state index contributed by atoms with van der Waals surface area (Å²) in [6.07, 6.45) is 62.0. The van der Waals surface area contributed by atoms with Crippen molar-refractivity contribution in [3.8, 4) is 0 Å². The second kappa shape index (κ2) is 56.5. The van der Waals surface area contributed by atoms with Crippen molar-refractivity contribution in [2.24, 2.45) is 0 Å². The minimum atomic E-state index is -1.50. The number of carboxylic acid groups (broad SMARTS) is 1. The predicted octanol–water partition coefficient (Wildman–Crippen LogP) is 19.1. The molecule has 0 aliphatic heterocycles. The standard InChI is InChI=1S/C64H125NO8/c1-6-8-10-12-14-16-18-20-22-24-26-28-30-31-33-35-37-39-41-43-45-47-49-51-53-55-62(67)73-60(59-72-64(63(68)69)70-57-56-65(3,4)5)58-71-61(66)54-52-50-48-46-44-42-40-38-36-34-32-29-27-25-23-21-19-17-15-13-11-9-7-2/h60,64H,6-59H2,1-5H3/p+1. The zero-order chi connectivity index (χ0) is 53.4. The van der Waals surface area contributed by atoms with E-state index in [0.29, 0.717) is 17.4 Å². The fourth-order valence-electron chi connectivity index (χ4n) is 9.90. The van der Waals surface area contributed by atoms with Gasteiger partial charge in [-0.15, -0.1) is 0 Å². The minimum Gasteiger partial charge on any atom is -0.477 e. The van der Waals surface area contributed by atoms with Crippen LogP contribution in [-0.4, -0.2) is 87.4 Å². The third-order valence-electron chi connectivity index (χ3n) is 14.9. The van der Waals surface area contributed by atoms with Crippen LogP contribution in [0.4, 0.5) is 0 Å². The van der Waals surface area contributed by atoms with Crippen molar-refractivity contribution in [3.05, 3.63) is 0 Å². The molecular weight excluding hydrogens is 911 g/mol. The average Bonchev–Trinajstić information content (AvgIpc) is 3.36. The number of ether oxygens (including phenoxy) is 4. The Hall–Kier alpha value is -1.71. The van der Waals surface area contributed by atoms with Gasteiger partial charge in [0.2, 0.25) is 0 Å². The summed E-state index contributed by atoms with van der Waals surface area (Å²) in [5.74, 6) is -1.97. The van der Waals surface area contributed by atoms with Gasteiger partial charge in [-0.05, 0) is 12.8 Å². The molecule has 1 N–H and O–H groups in total. The number of carbonyl (C=O) groups is 3. The molecule has 0 spiro atoms. The van der Waals surface area contributed by atoms with Gasteiger partial charge in [0, 0.05) is 12.8 Å². The first-order chi connectivity index (χ1) is 35.6. The van der Waals surface area contributed by atoms with Crippen molar-refractivity contribution in [1.29, 1.82) is 0 Å². The summed E-state index contributed by atoms with van der Waals surface area (Å²) in [4.78, 5) is 37.5. The number of unbranched alkanes of at least 4 members (excludes halogenated alkanes) is 46. The van der Waals surface area contributed by atoms with Gasteiger partial charge in [-0.3, -0.25) is 9.59 Å². The Morgan fingerprint density at radius 2 is 0.616 bits per heavy atom. The Bertz CT molecular complexity index is 1160. The Labute approximate surface area is 453 Å². The van der Waals surface area contributed by atoms with Crippen molar-refractivity contribution in [2.75, 3.05) is 47.5 Å². The number of rotatable bonds is 61. The molecule has 0 radical (unpaired) electrons. The van der Waals surface area contributed by atoms with E-state index >= 15 is 0 Å². The first kappa shape index (κ1) is 71.3. The minimum absolute atomic E-state index is 0.172. The van der Waals surface area contributed by atoms with Crippen molar-refractivity contribution in [2.45, 2.75) is 347 Å². The summed E-state index contributed by atoms with van der Waals surface area (Å²) < 4.78 is 23.0. The lowest BCUT2D eigenvalue weighted by atomic mass is 10.0. The van der Waals surface area contributed by atoms with Crippen LogP contribution in [0.3, 0.4) is 0 Å². The van der Waals surface area contributed by atoms with Gasteiger partial charge in [0.25, 0.3) is 6.29 Å². The molecule has 0 bridgehead atoms. The largest absolute Gasteiger partial charge is 0.477 e. The lowest BCUT2D eigenvalue weighted by Crippen LogP contribution is -2.40. The number of nitrogens with zero attached hydrogens (tertiary/aromatic N) is 1. The van der Waals surface area contributed by atoms with Gasteiger partial charge in [-0.2, -0.15) is 0 Å². The summed E-state index contributed by atoms with van der Waals surface area (Å²) in [6.45, 7) is 4.96. The maximum atomic E-state index is 12.9. The van der Waals surface area contributed by atoms with Gasteiger partial charge < -0.3 is 28.5 Å². The van der Waals surface area contributed by atoms with Crippen molar-refractivity contribution in [3.63, 3.8) is 0 Å². The third kappa shape index (κ3) is 57.8. The zero-order valence-corrected chi connectivity index (χ0v) is 49.6. The quantitative estimate of drug-likeness (QED) is 0.0278. The maximum absolute atomic E-state index is 12.9. The van der Waals surface area contributed by atoms with Gasteiger partial charge in [-0.25, -0.2) is 4.79 Å². The molecule has 2 unspecified atom stereocenters. The normalized spacial score (nSPS) is 12.6. The number of carboxylic acids is 1. The molecule has 9 heteroatoms. The lowest BCUT2D eigenvalue weighted by molar-refractivity contribution is -0.870. The second-order valence-corrected chi connectivity index (χ2v) is 23.4. The van der Waals surface area contributed by atoms with E-state index in [4.69, 9.17) is 18.9 Å². The van der Waals surface area contributed by atoms with E-state index < -0.39 is 18.4 Å². The van der Waals surface area contributed by atoms with Gasteiger partial charge in [-0.1, -0.05) is 309 Å². The van der Waals surface area contributed by atoms with Crippen LogP contribution in [0, 0.1) is 0 Å². The molecule has 0 heterocycles. The molecule has 0 saturated heterocycles. The molecule has 0 aromatic heterocycles. The summed E-state index contributed by atoms with van der Waals surface area (Å²) in [7, 11) is 5.99. The molecule has 0 rings (SSSR count). The van der Waals surface area contributed by atoms with Crippen LogP contribution in [0.5, 0.6) is 0 Å². The Morgan fingerprint density at radius 1 is 0.356 bits per heavy atom. The van der Waals surface area contributed by atoms with E-state index in [9.17, 15) is 19.5 Å². The molecule has 0 amide bonds. The molecule has 0 aromatic carbocycles. The van der Waals surface area contributed by atoms with E-state index in [1.165, 1.54) is 270 Å². The van der Waals surface area contributed by atoms with Gasteiger partial charge in [0.05, 0.1) is 34.4 Å². The van der Waals surface area contributed by atoms with Crippen molar-refractivity contribution >= 4 is 17.9 Å². The highest BCUT2D eigenvalue weighted by Gasteiger charge is 2.25. The van der Waals surface area contributed by atoms with Crippen LogP contribution < -0.4 is 0 Å². The monoisotopic (exact) mass is 1040 g/mol. The number of quaternary nitrogens is 1. The van der Waals surface area contributed by atoms with Crippen molar-refractivity contribution < 1.29 is 42.9 Å². The predicted molar refractivity (Wildman–Crippen MR) is 309 cm³/mol. The maximum Gasteiger partial charge on any atom is 0.361 e. The molecule has 0 fully saturated rings. The Kier molecular flexibility index (Phi) is 55.2. The van der Waals surface area contributed by atoms with Crippen molar-refractivity contribution in [1.82, 2.24) is 0 Å². The number of carbonyl (C=O) groups excluding carboxylic acids is 2. The Morgan fingerprint density at radius 3 is 0.877 bits per heavy atom. The summed E-state index contributed by atoms with van der Waals surface area (Å²) in [5, 5.41) is 9.72. The third-order valence-corrected chi connectivity index (χ3v) is 14.9. The first-order valence-electron chi connectivity index (χ1n) is 32.2. The number of hydrogen-bond acceptors (Lipinski definition) is 7. The van der Waals surface area contributed by atoms with Gasteiger partial charge in [0.15, 0.2) is 6.10 Å². The van der Waals surface area contributed by atoms with Gasteiger partial charge in [0.1, 0.15) is 13.2 Å². The number of aliphatic carboxylic acids is 1. The van der Waals surface area contributed by atoms with E-state index in [2.05, 4.69) is 13.8 Å². The van der Waals surface area contributed by atoms with E-state index in [0.717, 1.165) is 38.5 Å². The zero-order valence-electron chi connectivity index (χ0n) is 49.6. The van der Waals surface area contributed by atoms with Crippen LogP contribution in [0.1, 0.15) is 335 Å². The highest BCUT2D eigenvalue weighted by Crippen LogP contribution is 2.19. The molecule has 73 heavy (non-hydrogen) atoms. The van der Waals surface area contributed by atoms with Gasteiger partial charge >= 0.3 is 17.9 Å². The second-order valence-electron chi connectivity index (χ2n) is 23.4. The number of likely N-dealkylation sites (N-methyl/N-ethyl adjacent to an activating group) is 1. The molecule has 0 aliphatic carbocycles. The molecular formula is C64H126NO8+. The molecule has 0 aliphatic rings. The lowest BCUT2D eigenvalue weighted by Gasteiger charge is -2.25.